The Kier molecular flexibility index (Phi) is 5.02. The molecule has 0 saturated carbocycles. The predicted octanol–water partition coefficient (Wildman–Crippen LogP) is 4.84. The highest BCUT2D eigenvalue weighted by molar-refractivity contribution is 6.00. The average molecular weight is 396 g/mol. The number of aromatic nitrogens is 2. The van der Waals surface area contributed by atoms with Crippen LogP contribution in [0.25, 0.3) is 11.6 Å². The van der Waals surface area contributed by atoms with Gasteiger partial charge in [0.25, 0.3) is 0 Å². The second kappa shape index (κ2) is 7.93. The van der Waals surface area contributed by atoms with Crippen molar-refractivity contribution in [1.29, 1.82) is 0 Å². The number of rotatable bonds is 5. The van der Waals surface area contributed by atoms with E-state index < -0.39 is 23.4 Å². The number of hydrogen-bond acceptors (Lipinski definition) is 5. The highest BCUT2D eigenvalue weighted by Gasteiger charge is 2.15. The quantitative estimate of drug-likeness (QED) is 0.503. The van der Waals surface area contributed by atoms with E-state index >= 15 is 0 Å². The van der Waals surface area contributed by atoms with Gasteiger partial charge in [0, 0.05) is 5.69 Å². The SMILES string of the molecule is O=C(Nc1ccccc1Cc1nc(-c2ccco2)no1)Nc1c(F)cccc1F. The van der Waals surface area contributed by atoms with E-state index in [0.29, 0.717) is 28.7 Å². The van der Waals surface area contributed by atoms with E-state index in [0.717, 1.165) is 12.1 Å². The van der Waals surface area contributed by atoms with E-state index in [-0.39, 0.29) is 6.42 Å². The van der Waals surface area contributed by atoms with Crippen molar-refractivity contribution in [3.63, 3.8) is 0 Å². The molecule has 2 amide bonds. The fraction of sp³-hybridized carbons (Fsp3) is 0.0500. The molecule has 0 aliphatic rings. The molecule has 0 aliphatic heterocycles. The molecule has 146 valence electrons. The summed E-state index contributed by atoms with van der Waals surface area (Å²) in [6, 6.07) is 12.8. The summed E-state index contributed by atoms with van der Waals surface area (Å²) >= 11 is 0. The predicted molar refractivity (Wildman–Crippen MR) is 100 cm³/mol. The van der Waals surface area contributed by atoms with E-state index in [9.17, 15) is 13.6 Å². The number of carbonyl (C=O) groups excluding carboxylic acids is 1. The number of carbonyl (C=O) groups is 1. The molecule has 2 N–H and O–H groups in total. The molecule has 2 aromatic heterocycles. The molecule has 4 aromatic rings. The van der Waals surface area contributed by atoms with Crippen LogP contribution in [0.2, 0.25) is 0 Å². The topological polar surface area (TPSA) is 93.2 Å². The van der Waals surface area contributed by atoms with Crippen LogP contribution < -0.4 is 10.6 Å². The van der Waals surface area contributed by atoms with Crippen molar-refractivity contribution in [3.8, 4) is 11.6 Å². The fourth-order valence-electron chi connectivity index (χ4n) is 2.68. The van der Waals surface area contributed by atoms with Crippen LogP contribution in [0.15, 0.2) is 69.8 Å². The van der Waals surface area contributed by atoms with Crippen molar-refractivity contribution in [2.75, 3.05) is 10.6 Å². The molecule has 7 nitrogen and oxygen atoms in total. The second-order valence-corrected chi connectivity index (χ2v) is 6.00. The lowest BCUT2D eigenvalue weighted by Gasteiger charge is -2.12. The molecule has 0 spiro atoms. The highest BCUT2D eigenvalue weighted by atomic mass is 19.1. The van der Waals surface area contributed by atoms with Gasteiger partial charge in [0.1, 0.15) is 17.3 Å². The van der Waals surface area contributed by atoms with Gasteiger partial charge in [0.2, 0.25) is 11.7 Å². The number of para-hydroxylation sites is 2. The van der Waals surface area contributed by atoms with Gasteiger partial charge in [0.05, 0.1) is 12.7 Å². The number of urea groups is 1. The molecule has 2 aromatic carbocycles. The average Bonchev–Trinajstić information content (AvgIpc) is 3.38. The first-order valence-corrected chi connectivity index (χ1v) is 8.56. The minimum atomic E-state index is -0.871. The summed E-state index contributed by atoms with van der Waals surface area (Å²) in [4.78, 5) is 16.5. The Morgan fingerprint density at radius 3 is 2.52 bits per heavy atom. The number of benzene rings is 2. The fourth-order valence-corrected chi connectivity index (χ4v) is 2.68. The Balaban J connectivity index is 1.49. The summed E-state index contributed by atoms with van der Waals surface area (Å²) in [6.07, 6.45) is 1.74. The minimum absolute atomic E-state index is 0.234. The summed E-state index contributed by atoms with van der Waals surface area (Å²) in [5.74, 6) is -0.651. The molecule has 0 fully saturated rings. The van der Waals surface area contributed by atoms with E-state index in [1.54, 1.807) is 36.4 Å². The van der Waals surface area contributed by atoms with Crippen LogP contribution in [0.4, 0.5) is 25.0 Å². The van der Waals surface area contributed by atoms with Gasteiger partial charge in [-0.1, -0.05) is 29.4 Å². The zero-order valence-electron chi connectivity index (χ0n) is 14.9. The summed E-state index contributed by atoms with van der Waals surface area (Å²) in [7, 11) is 0. The molecule has 0 atom stereocenters. The Labute approximate surface area is 163 Å². The van der Waals surface area contributed by atoms with Crippen LogP contribution in [-0.4, -0.2) is 16.2 Å². The van der Waals surface area contributed by atoms with E-state index in [1.165, 1.54) is 12.3 Å². The summed E-state index contributed by atoms with van der Waals surface area (Å²) < 4.78 is 37.9. The molecule has 4 rings (SSSR count). The zero-order valence-corrected chi connectivity index (χ0v) is 14.9. The van der Waals surface area contributed by atoms with Gasteiger partial charge in [-0.25, -0.2) is 13.6 Å². The monoisotopic (exact) mass is 396 g/mol. The van der Waals surface area contributed by atoms with Gasteiger partial charge in [-0.3, -0.25) is 0 Å². The number of nitrogens with zero attached hydrogens (tertiary/aromatic N) is 2. The van der Waals surface area contributed by atoms with Crippen LogP contribution in [0.5, 0.6) is 0 Å². The maximum absolute atomic E-state index is 13.7. The second-order valence-electron chi connectivity index (χ2n) is 6.00. The summed E-state index contributed by atoms with van der Waals surface area (Å²) in [5, 5.41) is 8.61. The number of furan rings is 1. The lowest BCUT2D eigenvalue weighted by molar-refractivity contribution is 0.262. The van der Waals surface area contributed by atoms with Gasteiger partial charge in [-0.05, 0) is 35.9 Å². The molecule has 9 heteroatoms. The van der Waals surface area contributed by atoms with Crippen molar-refractivity contribution in [1.82, 2.24) is 10.1 Å². The molecule has 0 unspecified atom stereocenters. The van der Waals surface area contributed by atoms with Crippen LogP contribution >= 0.6 is 0 Å². The Bertz CT molecular complexity index is 1120. The maximum atomic E-state index is 13.7. The molecular formula is C20H14F2N4O3. The van der Waals surface area contributed by atoms with Crippen LogP contribution in [0.3, 0.4) is 0 Å². The number of halogens is 2. The Morgan fingerprint density at radius 1 is 0.966 bits per heavy atom. The first-order chi connectivity index (χ1) is 14.1. The molecular weight excluding hydrogens is 382 g/mol. The van der Waals surface area contributed by atoms with Gasteiger partial charge in [-0.2, -0.15) is 4.98 Å². The Morgan fingerprint density at radius 2 is 1.76 bits per heavy atom. The lowest BCUT2D eigenvalue weighted by atomic mass is 10.1. The third kappa shape index (κ3) is 4.13. The maximum Gasteiger partial charge on any atom is 0.323 e. The van der Waals surface area contributed by atoms with Gasteiger partial charge in [0.15, 0.2) is 5.76 Å². The van der Waals surface area contributed by atoms with Crippen LogP contribution in [-0.2, 0) is 6.42 Å². The Hall–Kier alpha value is -4.01. The first kappa shape index (κ1) is 18.4. The molecule has 0 aliphatic carbocycles. The molecule has 29 heavy (non-hydrogen) atoms. The minimum Gasteiger partial charge on any atom is -0.461 e. The van der Waals surface area contributed by atoms with Crippen LogP contribution in [0.1, 0.15) is 11.5 Å². The van der Waals surface area contributed by atoms with Crippen molar-refractivity contribution in [2.45, 2.75) is 6.42 Å². The normalized spacial score (nSPS) is 10.7. The van der Waals surface area contributed by atoms with Gasteiger partial charge < -0.3 is 19.6 Å². The van der Waals surface area contributed by atoms with Crippen molar-refractivity contribution in [3.05, 3.63) is 83.9 Å². The van der Waals surface area contributed by atoms with E-state index in [2.05, 4.69) is 20.8 Å². The van der Waals surface area contributed by atoms with Gasteiger partial charge >= 0.3 is 6.03 Å². The van der Waals surface area contributed by atoms with E-state index in [4.69, 9.17) is 8.94 Å². The van der Waals surface area contributed by atoms with Crippen molar-refractivity contribution in [2.24, 2.45) is 0 Å². The van der Waals surface area contributed by atoms with E-state index in [1.807, 2.05) is 0 Å². The third-order valence-electron chi connectivity index (χ3n) is 4.02. The smallest absolute Gasteiger partial charge is 0.323 e. The first-order valence-electron chi connectivity index (χ1n) is 8.56. The van der Waals surface area contributed by atoms with Gasteiger partial charge in [-0.15, -0.1) is 0 Å². The highest BCUT2D eigenvalue weighted by Crippen LogP contribution is 2.22. The largest absolute Gasteiger partial charge is 0.461 e. The third-order valence-corrected chi connectivity index (χ3v) is 4.02. The molecule has 2 heterocycles. The summed E-state index contributed by atoms with van der Waals surface area (Å²) in [6.45, 7) is 0. The van der Waals surface area contributed by atoms with Crippen LogP contribution in [0, 0.1) is 11.6 Å². The number of hydrogen-bond donors (Lipinski definition) is 2. The number of anilines is 2. The molecule has 0 bridgehead atoms. The van der Waals surface area contributed by atoms with Crippen molar-refractivity contribution < 1.29 is 22.5 Å². The lowest BCUT2D eigenvalue weighted by Crippen LogP contribution is -2.21. The number of amides is 2. The summed E-state index contributed by atoms with van der Waals surface area (Å²) in [5.41, 5.74) is 0.577. The zero-order chi connectivity index (χ0) is 20.2. The molecule has 0 radical (unpaired) electrons. The molecule has 0 saturated heterocycles. The standard InChI is InChI=1S/C20H14F2N4O3/c21-13-6-3-7-14(22)18(13)25-20(27)23-15-8-2-1-5-12(15)11-17-24-19(26-29-17)16-9-4-10-28-16/h1-10H,11H2,(H2,23,25,27). The number of nitrogens with one attached hydrogen (secondary N) is 2. The van der Waals surface area contributed by atoms with Crippen molar-refractivity contribution >= 4 is 17.4 Å².